The molecule has 1 amide bonds. The van der Waals surface area contributed by atoms with Crippen LogP contribution in [0.4, 0.5) is 15.1 Å². The van der Waals surface area contributed by atoms with Gasteiger partial charge in [0.1, 0.15) is 5.82 Å². The number of carbonyl (C=O) groups is 2. The Morgan fingerprint density at radius 2 is 2.12 bits per heavy atom. The van der Waals surface area contributed by atoms with Gasteiger partial charge in [-0.15, -0.1) is 0 Å². The molecule has 7 nitrogen and oxygen atoms in total. The molecule has 2 rings (SSSR count). The second kappa shape index (κ2) is 7.22. The molecule has 0 fully saturated rings. The third-order valence-electron chi connectivity index (χ3n) is 2.75. The largest absolute Gasteiger partial charge is 0.502 e. The predicted octanol–water partition coefficient (Wildman–Crippen LogP) is 3.94. The van der Waals surface area contributed by atoms with Gasteiger partial charge in [0, 0.05) is 12.5 Å². The summed E-state index contributed by atoms with van der Waals surface area (Å²) in [6.45, 7) is 2.77. The van der Waals surface area contributed by atoms with Crippen LogP contribution < -0.4 is 10.1 Å². The van der Waals surface area contributed by atoms with E-state index in [0.717, 1.165) is 19.1 Å². The van der Waals surface area contributed by atoms with Crippen LogP contribution in [0.2, 0.25) is 5.02 Å². The van der Waals surface area contributed by atoms with Crippen LogP contribution in [-0.4, -0.2) is 23.8 Å². The van der Waals surface area contributed by atoms with Crippen LogP contribution in [0, 0.1) is 5.82 Å². The summed E-state index contributed by atoms with van der Waals surface area (Å²) in [6.07, 6.45) is -0.892. The first kappa shape index (κ1) is 17.6. The molecule has 0 bridgehead atoms. The quantitative estimate of drug-likeness (QED) is 0.804. The summed E-state index contributed by atoms with van der Waals surface area (Å²) in [5.74, 6) is -3.11. The molecule has 9 heteroatoms. The molecular formula is C15H13ClFNO6. The lowest BCUT2D eigenvalue weighted by molar-refractivity contribution is -0.132. The third kappa shape index (κ3) is 3.77. The Morgan fingerprint density at radius 1 is 1.42 bits per heavy atom. The number of benzene rings is 1. The number of ether oxygens (including phenoxy) is 2. The van der Waals surface area contributed by atoms with Crippen molar-refractivity contribution in [2.24, 2.45) is 0 Å². The molecule has 2 aromatic rings. The fourth-order valence-electron chi connectivity index (χ4n) is 1.84. The van der Waals surface area contributed by atoms with E-state index in [0.29, 0.717) is 0 Å². The van der Waals surface area contributed by atoms with Gasteiger partial charge >= 0.3 is 12.1 Å². The Balaban J connectivity index is 2.53. The van der Waals surface area contributed by atoms with Gasteiger partial charge in [0.25, 0.3) is 5.88 Å². The van der Waals surface area contributed by atoms with Gasteiger partial charge < -0.3 is 19.0 Å². The Hall–Kier alpha value is -2.74. The number of carbonyl (C=O) groups excluding carboxylic acids is 2. The number of nitrogens with one attached hydrogen (secondary N) is 1. The predicted molar refractivity (Wildman–Crippen MR) is 82.7 cm³/mol. The van der Waals surface area contributed by atoms with Crippen LogP contribution >= 0.6 is 11.6 Å². The number of furan rings is 1. The molecule has 0 unspecified atom stereocenters. The summed E-state index contributed by atoms with van der Waals surface area (Å²) in [7, 11) is 0. The first-order valence-electron chi connectivity index (χ1n) is 6.76. The molecule has 24 heavy (non-hydrogen) atoms. The van der Waals surface area contributed by atoms with E-state index in [4.69, 9.17) is 20.8 Å². The average molecular weight is 358 g/mol. The van der Waals surface area contributed by atoms with Crippen LogP contribution in [0.3, 0.4) is 0 Å². The fourth-order valence-corrected chi connectivity index (χ4v) is 2.05. The van der Waals surface area contributed by atoms with Gasteiger partial charge in [-0.1, -0.05) is 11.6 Å². The minimum Gasteiger partial charge on any atom is -0.502 e. The van der Waals surface area contributed by atoms with Crippen LogP contribution in [-0.2, 0) is 9.53 Å². The van der Waals surface area contributed by atoms with E-state index in [1.54, 1.807) is 6.92 Å². The normalized spacial score (nSPS) is 10.3. The Kier molecular flexibility index (Phi) is 5.30. The zero-order valence-corrected chi connectivity index (χ0v) is 13.4. The molecule has 0 saturated heterocycles. The number of halogens is 2. The maximum absolute atomic E-state index is 13.4. The van der Waals surface area contributed by atoms with E-state index in [2.05, 4.69) is 10.1 Å². The van der Waals surface area contributed by atoms with Gasteiger partial charge in [-0.3, -0.25) is 10.1 Å². The molecule has 0 atom stereocenters. The zero-order chi connectivity index (χ0) is 17.9. The summed E-state index contributed by atoms with van der Waals surface area (Å²) in [4.78, 5) is 22.7. The lowest BCUT2D eigenvalue weighted by atomic mass is 10.1. The topological polar surface area (TPSA) is 98.0 Å². The van der Waals surface area contributed by atoms with Crippen molar-refractivity contribution >= 4 is 29.5 Å². The molecular weight excluding hydrogens is 345 g/mol. The minimum absolute atomic E-state index is 0.0134. The van der Waals surface area contributed by atoms with Crippen LogP contribution in [0.5, 0.6) is 11.5 Å². The van der Waals surface area contributed by atoms with E-state index in [9.17, 15) is 19.1 Å². The highest BCUT2D eigenvalue weighted by Gasteiger charge is 2.27. The standard InChI is InChI=1S/C15H13ClFNO6/c1-3-22-15(21)18-14-13(23-7(2)19)11(20)12(24-14)9-6-8(17)4-5-10(9)16/h4-6,20H,3H2,1-2H3,(H,18,21). The SMILES string of the molecule is CCOC(=O)Nc1oc(-c2cc(F)ccc2Cl)c(O)c1OC(C)=O. The number of anilines is 1. The molecule has 2 N–H and O–H groups in total. The van der Waals surface area contributed by atoms with Crippen LogP contribution in [0.15, 0.2) is 22.6 Å². The number of aromatic hydroxyl groups is 1. The van der Waals surface area contributed by atoms with Crippen molar-refractivity contribution in [2.75, 3.05) is 11.9 Å². The molecule has 128 valence electrons. The van der Waals surface area contributed by atoms with Crippen molar-refractivity contribution in [3.8, 4) is 22.8 Å². The number of hydrogen-bond acceptors (Lipinski definition) is 6. The number of esters is 1. The summed E-state index contributed by atoms with van der Waals surface area (Å²) >= 11 is 5.97. The first-order valence-corrected chi connectivity index (χ1v) is 7.14. The van der Waals surface area contributed by atoms with Crippen molar-refractivity contribution in [2.45, 2.75) is 13.8 Å². The molecule has 0 saturated carbocycles. The van der Waals surface area contributed by atoms with E-state index in [1.807, 2.05) is 0 Å². The van der Waals surface area contributed by atoms with Gasteiger partial charge in [-0.2, -0.15) is 0 Å². The number of rotatable bonds is 4. The highest BCUT2D eigenvalue weighted by molar-refractivity contribution is 6.33. The molecule has 1 aromatic carbocycles. The Morgan fingerprint density at radius 3 is 2.75 bits per heavy atom. The van der Waals surface area contributed by atoms with E-state index in [1.165, 1.54) is 6.07 Å². The van der Waals surface area contributed by atoms with E-state index in [-0.39, 0.29) is 28.8 Å². The molecule has 1 heterocycles. The number of amides is 1. The third-order valence-corrected chi connectivity index (χ3v) is 3.08. The Bertz CT molecular complexity index is 789. The lowest BCUT2D eigenvalue weighted by Gasteiger charge is -2.04. The maximum Gasteiger partial charge on any atom is 0.414 e. The fraction of sp³-hybridized carbons (Fsp3) is 0.200. The van der Waals surface area contributed by atoms with Crippen molar-refractivity contribution in [3.05, 3.63) is 29.0 Å². The monoisotopic (exact) mass is 357 g/mol. The highest BCUT2D eigenvalue weighted by Crippen LogP contribution is 2.47. The average Bonchev–Trinajstić information content (AvgIpc) is 2.78. The van der Waals surface area contributed by atoms with Gasteiger partial charge in [0.05, 0.1) is 11.6 Å². The van der Waals surface area contributed by atoms with Gasteiger partial charge in [-0.25, -0.2) is 9.18 Å². The molecule has 0 aliphatic carbocycles. The van der Waals surface area contributed by atoms with Gasteiger partial charge in [0.2, 0.25) is 11.5 Å². The summed E-state index contributed by atoms with van der Waals surface area (Å²) < 4.78 is 28.3. The second-order valence-electron chi connectivity index (χ2n) is 4.50. The van der Waals surface area contributed by atoms with E-state index < -0.39 is 29.4 Å². The molecule has 0 aliphatic heterocycles. The lowest BCUT2D eigenvalue weighted by Crippen LogP contribution is -2.14. The molecule has 1 aromatic heterocycles. The highest BCUT2D eigenvalue weighted by atomic mass is 35.5. The smallest absolute Gasteiger partial charge is 0.414 e. The molecule has 0 spiro atoms. The van der Waals surface area contributed by atoms with Crippen molar-refractivity contribution in [3.63, 3.8) is 0 Å². The molecule has 0 aliphatic rings. The second-order valence-corrected chi connectivity index (χ2v) is 4.91. The van der Waals surface area contributed by atoms with Crippen molar-refractivity contribution in [1.82, 2.24) is 0 Å². The zero-order valence-electron chi connectivity index (χ0n) is 12.7. The summed E-state index contributed by atoms with van der Waals surface area (Å²) in [6, 6.07) is 3.40. The first-order chi connectivity index (χ1) is 11.3. The van der Waals surface area contributed by atoms with Crippen molar-refractivity contribution in [1.29, 1.82) is 0 Å². The van der Waals surface area contributed by atoms with Crippen molar-refractivity contribution < 1.29 is 33.0 Å². The van der Waals surface area contributed by atoms with Crippen LogP contribution in [0.25, 0.3) is 11.3 Å². The van der Waals surface area contributed by atoms with Gasteiger partial charge in [0.15, 0.2) is 5.76 Å². The van der Waals surface area contributed by atoms with Crippen LogP contribution in [0.1, 0.15) is 13.8 Å². The summed E-state index contributed by atoms with van der Waals surface area (Å²) in [5, 5.41) is 12.5. The number of hydrogen-bond donors (Lipinski definition) is 2. The summed E-state index contributed by atoms with van der Waals surface area (Å²) in [5.41, 5.74) is 0.0134. The van der Waals surface area contributed by atoms with E-state index >= 15 is 0 Å². The molecule has 0 radical (unpaired) electrons. The minimum atomic E-state index is -0.892. The maximum atomic E-state index is 13.4. The Labute approximate surface area is 140 Å². The van der Waals surface area contributed by atoms with Gasteiger partial charge in [-0.05, 0) is 25.1 Å².